The van der Waals surface area contributed by atoms with Crippen molar-refractivity contribution in [1.82, 2.24) is 10.2 Å². The van der Waals surface area contributed by atoms with E-state index in [0.717, 1.165) is 34.7 Å². The lowest BCUT2D eigenvalue weighted by atomic mass is 10.0. The molecule has 0 aliphatic carbocycles. The van der Waals surface area contributed by atoms with Crippen LogP contribution in [0, 0.1) is 6.92 Å². The summed E-state index contributed by atoms with van der Waals surface area (Å²) in [6.45, 7) is 3.28. The minimum atomic E-state index is -0.0412. The van der Waals surface area contributed by atoms with E-state index in [-0.39, 0.29) is 17.9 Å². The number of piperidine rings is 1. The first kappa shape index (κ1) is 18.2. The van der Waals surface area contributed by atoms with E-state index in [2.05, 4.69) is 5.32 Å². The molecule has 1 fully saturated rings. The number of carbonyl (C=O) groups excluding carboxylic acids is 2. The Morgan fingerprint density at radius 3 is 2.29 bits per heavy atom. The number of aryl methyl sites for hydroxylation is 1. The number of nitrogens with one attached hydrogen (secondary N) is 1. The fourth-order valence-corrected chi connectivity index (χ4v) is 3.90. The summed E-state index contributed by atoms with van der Waals surface area (Å²) in [7, 11) is 0. The van der Waals surface area contributed by atoms with Crippen molar-refractivity contribution in [3.8, 4) is 0 Å². The molecule has 0 aromatic heterocycles. The topological polar surface area (TPSA) is 49.4 Å². The van der Waals surface area contributed by atoms with Crippen molar-refractivity contribution in [2.45, 2.75) is 25.8 Å². The average Bonchev–Trinajstić information content (AvgIpc) is 2.73. The van der Waals surface area contributed by atoms with Gasteiger partial charge in [0.25, 0.3) is 11.8 Å². The van der Waals surface area contributed by atoms with Gasteiger partial charge in [0, 0.05) is 30.3 Å². The zero-order valence-corrected chi connectivity index (χ0v) is 16.0. The summed E-state index contributed by atoms with van der Waals surface area (Å²) in [6, 6.07) is 21.5. The summed E-state index contributed by atoms with van der Waals surface area (Å²) in [5.74, 6) is 0.0393. The molecule has 3 aromatic carbocycles. The first-order chi connectivity index (χ1) is 13.6. The Morgan fingerprint density at radius 1 is 0.857 bits per heavy atom. The van der Waals surface area contributed by atoms with E-state index >= 15 is 0 Å². The molecule has 0 atom stereocenters. The summed E-state index contributed by atoms with van der Waals surface area (Å²) in [6.07, 6.45) is 1.54. The molecule has 4 nitrogen and oxygen atoms in total. The third-order valence-corrected chi connectivity index (χ3v) is 5.53. The molecule has 1 aliphatic heterocycles. The van der Waals surface area contributed by atoms with Gasteiger partial charge in [-0.15, -0.1) is 0 Å². The number of hydrogen-bond acceptors (Lipinski definition) is 2. The molecule has 3 aromatic rings. The van der Waals surface area contributed by atoms with Gasteiger partial charge in [-0.3, -0.25) is 9.59 Å². The Morgan fingerprint density at radius 2 is 1.50 bits per heavy atom. The van der Waals surface area contributed by atoms with E-state index < -0.39 is 0 Å². The van der Waals surface area contributed by atoms with Crippen molar-refractivity contribution >= 4 is 22.6 Å². The molecule has 142 valence electrons. The number of benzene rings is 3. The maximum atomic E-state index is 12.8. The third-order valence-electron chi connectivity index (χ3n) is 5.53. The summed E-state index contributed by atoms with van der Waals surface area (Å²) < 4.78 is 0. The summed E-state index contributed by atoms with van der Waals surface area (Å²) >= 11 is 0. The molecule has 2 amide bonds. The van der Waals surface area contributed by atoms with Gasteiger partial charge in [-0.05, 0) is 48.2 Å². The second-order valence-electron chi connectivity index (χ2n) is 7.38. The van der Waals surface area contributed by atoms with Crippen LogP contribution in [0.5, 0.6) is 0 Å². The summed E-state index contributed by atoms with van der Waals surface area (Å²) in [4.78, 5) is 27.5. The van der Waals surface area contributed by atoms with Crippen molar-refractivity contribution in [3.05, 3.63) is 83.4 Å². The molecule has 1 heterocycles. The van der Waals surface area contributed by atoms with Crippen molar-refractivity contribution < 1.29 is 9.59 Å². The molecule has 1 saturated heterocycles. The molecule has 0 unspecified atom stereocenters. The average molecular weight is 372 g/mol. The molecule has 0 spiro atoms. The van der Waals surface area contributed by atoms with Crippen molar-refractivity contribution in [2.75, 3.05) is 13.1 Å². The third kappa shape index (κ3) is 3.63. The summed E-state index contributed by atoms with van der Waals surface area (Å²) in [5, 5.41) is 5.19. The van der Waals surface area contributed by atoms with Crippen LogP contribution in [0.2, 0.25) is 0 Å². The van der Waals surface area contributed by atoms with E-state index in [1.165, 1.54) is 0 Å². The van der Waals surface area contributed by atoms with Gasteiger partial charge in [-0.25, -0.2) is 0 Å². The van der Waals surface area contributed by atoms with E-state index in [1.54, 1.807) is 0 Å². The maximum Gasteiger partial charge on any atom is 0.254 e. The van der Waals surface area contributed by atoms with Gasteiger partial charge in [0.15, 0.2) is 0 Å². The lowest BCUT2D eigenvalue weighted by Crippen LogP contribution is -2.46. The van der Waals surface area contributed by atoms with Crippen molar-refractivity contribution in [2.24, 2.45) is 0 Å². The van der Waals surface area contributed by atoms with E-state index in [1.807, 2.05) is 78.6 Å². The van der Waals surface area contributed by atoms with Gasteiger partial charge in [-0.1, -0.05) is 54.6 Å². The van der Waals surface area contributed by atoms with Crippen molar-refractivity contribution in [1.29, 1.82) is 0 Å². The molecule has 0 bridgehead atoms. The van der Waals surface area contributed by atoms with E-state index in [9.17, 15) is 9.59 Å². The Labute approximate surface area is 165 Å². The number of fused-ring (bicyclic) bond motifs is 1. The van der Waals surface area contributed by atoms with Gasteiger partial charge < -0.3 is 10.2 Å². The van der Waals surface area contributed by atoms with Gasteiger partial charge in [0.1, 0.15) is 0 Å². The number of likely N-dealkylation sites (tertiary alicyclic amines) is 1. The fourth-order valence-electron chi connectivity index (χ4n) is 3.90. The Balaban J connectivity index is 1.40. The molecule has 4 rings (SSSR count). The molecule has 1 N–H and O–H groups in total. The molecule has 1 aliphatic rings. The first-order valence-corrected chi connectivity index (χ1v) is 9.77. The van der Waals surface area contributed by atoms with Crippen LogP contribution in [-0.4, -0.2) is 35.8 Å². The molecule has 0 radical (unpaired) electrons. The standard InChI is InChI=1S/C24H24N2O2/c1-17-7-2-4-10-20(17)24(28)26-15-13-19(14-16-26)25-23(27)22-12-6-9-18-8-3-5-11-21(18)22/h2-12,19H,13-16H2,1H3,(H,25,27). The zero-order valence-electron chi connectivity index (χ0n) is 16.0. The highest BCUT2D eigenvalue weighted by atomic mass is 16.2. The second kappa shape index (κ2) is 7.85. The lowest BCUT2D eigenvalue weighted by Gasteiger charge is -2.32. The zero-order chi connectivity index (χ0) is 19.5. The minimum Gasteiger partial charge on any atom is -0.349 e. The molecule has 0 saturated carbocycles. The van der Waals surface area contributed by atoms with Crippen LogP contribution >= 0.6 is 0 Å². The van der Waals surface area contributed by atoms with Crippen molar-refractivity contribution in [3.63, 3.8) is 0 Å². The molecular formula is C24H24N2O2. The first-order valence-electron chi connectivity index (χ1n) is 9.77. The second-order valence-corrected chi connectivity index (χ2v) is 7.38. The fraction of sp³-hybridized carbons (Fsp3) is 0.250. The van der Waals surface area contributed by atoms with Crippen LogP contribution in [-0.2, 0) is 0 Å². The number of rotatable bonds is 3. The predicted octanol–water partition coefficient (Wildman–Crippen LogP) is 4.18. The highest BCUT2D eigenvalue weighted by molar-refractivity contribution is 6.07. The molecular weight excluding hydrogens is 348 g/mol. The van der Waals surface area contributed by atoms with E-state index in [4.69, 9.17) is 0 Å². The van der Waals surface area contributed by atoms with Gasteiger partial charge in [-0.2, -0.15) is 0 Å². The van der Waals surface area contributed by atoms with Crippen LogP contribution in [0.3, 0.4) is 0 Å². The largest absolute Gasteiger partial charge is 0.349 e. The molecule has 28 heavy (non-hydrogen) atoms. The molecule has 4 heteroatoms. The highest BCUT2D eigenvalue weighted by Crippen LogP contribution is 2.20. The summed E-state index contributed by atoms with van der Waals surface area (Å²) in [5.41, 5.74) is 2.47. The number of carbonyl (C=O) groups is 2. The predicted molar refractivity (Wildman–Crippen MR) is 112 cm³/mol. The van der Waals surface area contributed by atoms with Gasteiger partial charge in [0.2, 0.25) is 0 Å². The number of amides is 2. The Bertz CT molecular complexity index is 1010. The minimum absolute atomic E-state index is 0.0412. The number of hydrogen-bond donors (Lipinski definition) is 1. The van der Waals surface area contributed by atoms with Crippen LogP contribution in [0.4, 0.5) is 0 Å². The quantitative estimate of drug-likeness (QED) is 0.750. The van der Waals surface area contributed by atoms with Gasteiger partial charge >= 0.3 is 0 Å². The smallest absolute Gasteiger partial charge is 0.254 e. The van der Waals surface area contributed by atoms with Crippen LogP contribution < -0.4 is 5.32 Å². The van der Waals surface area contributed by atoms with Crippen LogP contribution in [0.1, 0.15) is 39.1 Å². The van der Waals surface area contributed by atoms with E-state index in [0.29, 0.717) is 18.7 Å². The van der Waals surface area contributed by atoms with Crippen LogP contribution in [0.15, 0.2) is 66.7 Å². The lowest BCUT2D eigenvalue weighted by molar-refractivity contribution is 0.0697. The van der Waals surface area contributed by atoms with Crippen LogP contribution in [0.25, 0.3) is 10.8 Å². The Hall–Kier alpha value is -3.14. The maximum absolute atomic E-state index is 12.8. The Kier molecular flexibility index (Phi) is 5.11. The SMILES string of the molecule is Cc1ccccc1C(=O)N1CCC(NC(=O)c2cccc3ccccc23)CC1. The number of nitrogens with zero attached hydrogens (tertiary/aromatic N) is 1. The monoisotopic (exact) mass is 372 g/mol. The highest BCUT2D eigenvalue weighted by Gasteiger charge is 2.25. The van der Waals surface area contributed by atoms with Gasteiger partial charge in [0.05, 0.1) is 0 Å². The normalized spacial score (nSPS) is 14.8.